The van der Waals surface area contributed by atoms with Crippen LogP contribution in [0.4, 0.5) is 5.69 Å². The van der Waals surface area contributed by atoms with Gasteiger partial charge in [-0.2, -0.15) is 0 Å². The molecule has 0 bridgehead atoms. The van der Waals surface area contributed by atoms with Crippen LogP contribution in [0.1, 0.15) is 16.7 Å². The fourth-order valence-corrected chi connectivity index (χ4v) is 3.37. The molecule has 0 fully saturated rings. The first-order valence-corrected chi connectivity index (χ1v) is 7.35. The predicted molar refractivity (Wildman–Crippen MR) is 87.8 cm³/mol. The highest BCUT2D eigenvalue weighted by atomic mass is 16.2. The molecule has 0 spiro atoms. The van der Waals surface area contributed by atoms with Crippen molar-refractivity contribution in [1.29, 1.82) is 0 Å². The average molecular weight is 285 g/mol. The van der Waals surface area contributed by atoms with Crippen LogP contribution in [0.15, 0.2) is 84.9 Å². The van der Waals surface area contributed by atoms with Crippen molar-refractivity contribution in [1.82, 2.24) is 0 Å². The monoisotopic (exact) mass is 285 g/mol. The smallest absolute Gasteiger partial charge is 0.244 e. The van der Waals surface area contributed by atoms with Crippen LogP contribution in [0.25, 0.3) is 0 Å². The Labute approximate surface area is 129 Å². The minimum absolute atomic E-state index is 0.00565. The second kappa shape index (κ2) is 4.85. The second-order valence-electron chi connectivity index (χ2n) is 5.48. The van der Waals surface area contributed by atoms with E-state index in [-0.39, 0.29) is 5.91 Å². The molecule has 2 heteroatoms. The summed E-state index contributed by atoms with van der Waals surface area (Å²) in [6.07, 6.45) is 0. The molecule has 22 heavy (non-hydrogen) atoms. The molecule has 0 radical (unpaired) electrons. The molecule has 1 heterocycles. The molecule has 106 valence electrons. The highest BCUT2D eigenvalue weighted by molar-refractivity contribution is 6.11. The summed E-state index contributed by atoms with van der Waals surface area (Å²) >= 11 is 0. The molecule has 1 aliphatic heterocycles. The highest BCUT2D eigenvalue weighted by Gasteiger charge is 2.49. The maximum atomic E-state index is 13.0. The van der Waals surface area contributed by atoms with Crippen molar-refractivity contribution in [3.63, 3.8) is 0 Å². The third-order valence-electron chi connectivity index (χ3n) is 4.33. The van der Waals surface area contributed by atoms with Crippen molar-refractivity contribution in [2.45, 2.75) is 5.41 Å². The zero-order valence-corrected chi connectivity index (χ0v) is 12.0. The lowest BCUT2D eigenvalue weighted by atomic mass is 9.70. The SMILES string of the molecule is O=C1Nc2ccccc2C1(c1ccccc1)c1ccccc1. The summed E-state index contributed by atoms with van der Waals surface area (Å²) < 4.78 is 0. The first-order chi connectivity index (χ1) is 10.8. The van der Waals surface area contributed by atoms with Gasteiger partial charge in [0, 0.05) is 11.3 Å². The van der Waals surface area contributed by atoms with Crippen molar-refractivity contribution in [3.8, 4) is 0 Å². The Morgan fingerprint density at radius 2 is 1.14 bits per heavy atom. The van der Waals surface area contributed by atoms with Crippen LogP contribution < -0.4 is 5.32 Å². The first kappa shape index (κ1) is 12.8. The fourth-order valence-electron chi connectivity index (χ4n) is 3.37. The molecule has 3 aromatic carbocycles. The van der Waals surface area contributed by atoms with Crippen molar-refractivity contribution in [3.05, 3.63) is 102 Å². The number of hydrogen-bond acceptors (Lipinski definition) is 1. The van der Waals surface area contributed by atoms with Crippen LogP contribution in [-0.2, 0) is 10.2 Å². The Morgan fingerprint density at radius 3 is 1.73 bits per heavy atom. The highest BCUT2D eigenvalue weighted by Crippen LogP contribution is 2.47. The largest absolute Gasteiger partial charge is 0.324 e. The summed E-state index contributed by atoms with van der Waals surface area (Å²) in [4.78, 5) is 13.0. The molecule has 0 unspecified atom stereocenters. The number of nitrogens with one attached hydrogen (secondary N) is 1. The number of para-hydroxylation sites is 1. The number of carbonyl (C=O) groups excluding carboxylic acids is 1. The zero-order valence-electron chi connectivity index (χ0n) is 12.0. The van der Waals surface area contributed by atoms with Gasteiger partial charge in [0.1, 0.15) is 5.41 Å². The number of hydrogen-bond donors (Lipinski definition) is 1. The van der Waals surface area contributed by atoms with E-state index in [9.17, 15) is 4.79 Å². The summed E-state index contributed by atoms with van der Waals surface area (Å²) in [6, 6.07) is 27.9. The van der Waals surface area contributed by atoms with Crippen molar-refractivity contribution in [2.24, 2.45) is 0 Å². The quantitative estimate of drug-likeness (QED) is 0.758. The number of benzene rings is 3. The van der Waals surface area contributed by atoms with Crippen LogP contribution >= 0.6 is 0 Å². The van der Waals surface area contributed by atoms with E-state index in [0.29, 0.717) is 0 Å². The van der Waals surface area contributed by atoms with Crippen LogP contribution in [0.5, 0.6) is 0 Å². The van der Waals surface area contributed by atoms with E-state index in [2.05, 4.69) is 5.32 Å². The van der Waals surface area contributed by atoms with Crippen LogP contribution in [-0.4, -0.2) is 5.91 Å². The maximum Gasteiger partial charge on any atom is 0.244 e. The molecule has 4 rings (SSSR count). The molecular weight excluding hydrogens is 270 g/mol. The van der Waals surface area contributed by atoms with Crippen molar-refractivity contribution >= 4 is 11.6 Å². The summed E-state index contributed by atoms with van der Waals surface area (Å²) in [7, 11) is 0. The van der Waals surface area contributed by atoms with Gasteiger partial charge in [-0.1, -0.05) is 78.9 Å². The van der Waals surface area contributed by atoms with Gasteiger partial charge in [0.25, 0.3) is 0 Å². The van der Waals surface area contributed by atoms with E-state index in [4.69, 9.17) is 0 Å². The van der Waals surface area contributed by atoms with Crippen LogP contribution in [0.3, 0.4) is 0 Å². The van der Waals surface area contributed by atoms with Gasteiger partial charge < -0.3 is 5.32 Å². The van der Waals surface area contributed by atoms with E-state index in [0.717, 1.165) is 22.4 Å². The number of anilines is 1. The van der Waals surface area contributed by atoms with E-state index < -0.39 is 5.41 Å². The topological polar surface area (TPSA) is 29.1 Å². The van der Waals surface area contributed by atoms with Gasteiger partial charge in [0.15, 0.2) is 0 Å². The van der Waals surface area contributed by atoms with E-state index >= 15 is 0 Å². The van der Waals surface area contributed by atoms with Crippen molar-refractivity contribution < 1.29 is 4.79 Å². The average Bonchev–Trinajstić information content (AvgIpc) is 2.89. The number of fused-ring (bicyclic) bond motifs is 1. The van der Waals surface area contributed by atoms with Gasteiger partial charge in [-0.25, -0.2) is 0 Å². The zero-order chi connectivity index (χ0) is 15.0. The summed E-state index contributed by atoms with van der Waals surface area (Å²) in [6.45, 7) is 0. The number of amides is 1. The molecule has 0 aliphatic carbocycles. The molecule has 2 nitrogen and oxygen atoms in total. The van der Waals surface area contributed by atoms with Crippen LogP contribution in [0, 0.1) is 0 Å². The van der Waals surface area contributed by atoms with Gasteiger partial charge in [-0.05, 0) is 17.2 Å². The van der Waals surface area contributed by atoms with Crippen molar-refractivity contribution in [2.75, 3.05) is 5.32 Å². The van der Waals surface area contributed by atoms with E-state index in [1.54, 1.807) is 0 Å². The molecule has 0 atom stereocenters. The molecule has 3 aromatic rings. The Balaban J connectivity index is 2.09. The Kier molecular flexibility index (Phi) is 2.83. The van der Waals surface area contributed by atoms with E-state index in [1.807, 2.05) is 84.9 Å². The first-order valence-electron chi connectivity index (χ1n) is 7.35. The fraction of sp³-hybridized carbons (Fsp3) is 0.0500. The summed E-state index contributed by atoms with van der Waals surface area (Å²) in [5.74, 6) is 0.00565. The normalized spacial score (nSPS) is 15.2. The number of rotatable bonds is 2. The number of carbonyl (C=O) groups is 1. The minimum Gasteiger partial charge on any atom is -0.324 e. The molecule has 1 amide bonds. The Morgan fingerprint density at radius 1 is 0.636 bits per heavy atom. The summed E-state index contributed by atoms with van der Waals surface area (Å²) in [5, 5.41) is 3.05. The van der Waals surface area contributed by atoms with Gasteiger partial charge in [-0.15, -0.1) is 0 Å². The molecule has 0 saturated heterocycles. The Hall–Kier alpha value is -2.87. The molecule has 0 saturated carbocycles. The second-order valence-corrected chi connectivity index (χ2v) is 5.48. The predicted octanol–water partition coefficient (Wildman–Crippen LogP) is 3.97. The third-order valence-corrected chi connectivity index (χ3v) is 4.33. The van der Waals surface area contributed by atoms with Gasteiger partial charge in [-0.3, -0.25) is 4.79 Å². The molecule has 0 aromatic heterocycles. The minimum atomic E-state index is -0.779. The van der Waals surface area contributed by atoms with Gasteiger partial charge in [0.2, 0.25) is 5.91 Å². The standard InChI is InChI=1S/C20H15NO/c22-19-20(15-9-3-1-4-10-15,16-11-5-2-6-12-16)17-13-7-8-14-18(17)21-19/h1-14H,(H,21,22). The third kappa shape index (κ3) is 1.64. The van der Waals surface area contributed by atoms with Crippen LogP contribution in [0.2, 0.25) is 0 Å². The van der Waals surface area contributed by atoms with Gasteiger partial charge >= 0.3 is 0 Å². The lowest BCUT2D eigenvalue weighted by Crippen LogP contribution is -2.36. The maximum absolute atomic E-state index is 13.0. The molecule has 1 aliphatic rings. The molecule has 1 N–H and O–H groups in total. The summed E-state index contributed by atoms with van der Waals surface area (Å²) in [5.41, 5.74) is 3.10. The lowest BCUT2D eigenvalue weighted by Gasteiger charge is -2.28. The van der Waals surface area contributed by atoms with E-state index in [1.165, 1.54) is 0 Å². The lowest BCUT2D eigenvalue weighted by molar-refractivity contribution is -0.118. The Bertz CT molecular complexity index is 785. The molecular formula is C20H15NO. The van der Waals surface area contributed by atoms with Gasteiger partial charge in [0.05, 0.1) is 0 Å².